The molecule has 1 saturated heterocycles. The summed E-state index contributed by atoms with van der Waals surface area (Å²) in [5.41, 5.74) is 2.15. The average Bonchev–Trinajstić information content (AvgIpc) is 2.73. The van der Waals surface area contributed by atoms with Gasteiger partial charge in [-0.2, -0.15) is 0 Å². The molecule has 0 N–H and O–H groups in total. The molecular formula is C20H23N5O2. The van der Waals surface area contributed by atoms with Crippen LogP contribution in [-0.4, -0.2) is 60.3 Å². The summed E-state index contributed by atoms with van der Waals surface area (Å²) in [5, 5.41) is 0.984. The molecule has 1 aromatic carbocycles. The third kappa shape index (κ3) is 3.64. The highest BCUT2D eigenvalue weighted by Crippen LogP contribution is 2.34. The highest BCUT2D eigenvalue weighted by Gasteiger charge is 2.21. The summed E-state index contributed by atoms with van der Waals surface area (Å²) in [7, 11) is 3.28. The number of piperazine rings is 1. The van der Waals surface area contributed by atoms with Crippen molar-refractivity contribution in [3.63, 3.8) is 0 Å². The molecule has 7 nitrogen and oxygen atoms in total. The molecule has 0 bridgehead atoms. The van der Waals surface area contributed by atoms with Crippen molar-refractivity contribution in [1.82, 2.24) is 19.9 Å². The summed E-state index contributed by atoms with van der Waals surface area (Å²) < 4.78 is 10.8. The van der Waals surface area contributed by atoms with Crippen molar-refractivity contribution >= 4 is 16.7 Å². The number of ether oxygens (including phenoxy) is 2. The van der Waals surface area contributed by atoms with Gasteiger partial charge in [-0.3, -0.25) is 9.88 Å². The molecule has 0 amide bonds. The number of fused-ring (bicyclic) bond motifs is 1. The van der Waals surface area contributed by atoms with Gasteiger partial charge in [0.1, 0.15) is 12.1 Å². The Hall–Kier alpha value is -2.93. The molecule has 4 rings (SSSR count). The lowest BCUT2D eigenvalue weighted by Crippen LogP contribution is -2.46. The minimum Gasteiger partial charge on any atom is -0.493 e. The maximum absolute atomic E-state index is 5.46. The summed E-state index contributed by atoms with van der Waals surface area (Å²) in [6.45, 7) is 4.77. The maximum atomic E-state index is 5.46. The van der Waals surface area contributed by atoms with Crippen LogP contribution < -0.4 is 14.4 Å². The van der Waals surface area contributed by atoms with Gasteiger partial charge in [0.05, 0.1) is 19.7 Å². The lowest BCUT2D eigenvalue weighted by Gasteiger charge is -2.35. The van der Waals surface area contributed by atoms with Gasteiger partial charge in [0.2, 0.25) is 0 Å². The van der Waals surface area contributed by atoms with Crippen LogP contribution in [0.25, 0.3) is 10.9 Å². The molecule has 27 heavy (non-hydrogen) atoms. The zero-order valence-corrected chi connectivity index (χ0v) is 15.6. The molecule has 0 spiro atoms. The van der Waals surface area contributed by atoms with Crippen LogP contribution in [0.4, 0.5) is 5.82 Å². The Balaban J connectivity index is 1.53. The molecule has 3 heterocycles. The van der Waals surface area contributed by atoms with E-state index in [1.807, 2.05) is 24.5 Å². The minimum absolute atomic E-state index is 0.678. The summed E-state index contributed by atoms with van der Waals surface area (Å²) in [6.07, 6.45) is 5.31. The number of benzene rings is 1. The fourth-order valence-corrected chi connectivity index (χ4v) is 3.49. The molecular weight excluding hydrogens is 342 g/mol. The van der Waals surface area contributed by atoms with Crippen LogP contribution in [0.1, 0.15) is 5.56 Å². The Morgan fingerprint density at radius 1 is 0.926 bits per heavy atom. The molecule has 0 atom stereocenters. The van der Waals surface area contributed by atoms with Crippen LogP contribution in [0.5, 0.6) is 11.5 Å². The molecule has 1 fully saturated rings. The number of methoxy groups -OCH3 is 2. The fourth-order valence-electron chi connectivity index (χ4n) is 3.49. The standard InChI is InChI=1S/C20H23N5O2/c1-26-18-11-16-17(12-19(18)27-2)22-14-23-20(16)25-9-7-24(8-10-25)13-15-3-5-21-6-4-15/h3-6,11-12,14H,7-10,13H2,1-2H3. The fraction of sp³-hybridized carbons (Fsp3) is 0.350. The number of pyridine rings is 1. The van der Waals surface area contributed by atoms with E-state index in [9.17, 15) is 0 Å². The van der Waals surface area contributed by atoms with Gasteiger partial charge in [-0.05, 0) is 23.8 Å². The number of hydrogen-bond donors (Lipinski definition) is 0. The lowest BCUT2D eigenvalue weighted by molar-refractivity contribution is 0.249. The van der Waals surface area contributed by atoms with Crippen LogP contribution in [0.2, 0.25) is 0 Å². The summed E-state index contributed by atoms with van der Waals surface area (Å²) >= 11 is 0. The van der Waals surface area contributed by atoms with E-state index in [0.717, 1.165) is 49.4 Å². The third-order valence-electron chi connectivity index (χ3n) is 4.95. The lowest BCUT2D eigenvalue weighted by atomic mass is 10.1. The summed E-state index contributed by atoms with van der Waals surface area (Å²) in [5.74, 6) is 2.32. The molecule has 0 aliphatic carbocycles. The number of aromatic nitrogens is 3. The zero-order chi connectivity index (χ0) is 18.6. The molecule has 140 valence electrons. The highest BCUT2D eigenvalue weighted by molar-refractivity contribution is 5.92. The van der Waals surface area contributed by atoms with Gasteiger partial charge < -0.3 is 14.4 Å². The number of rotatable bonds is 5. The second kappa shape index (κ2) is 7.75. The molecule has 2 aromatic heterocycles. The maximum Gasteiger partial charge on any atom is 0.162 e. The van der Waals surface area contributed by atoms with Crippen molar-refractivity contribution in [3.05, 3.63) is 48.5 Å². The molecule has 0 unspecified atom stereocenters. The number of hydrogen-bond acceptors (Lipinski definition) is 7. The average molecular weight is 365 g/mol. The topological polar surface area (TPSA) is 63.6 Å². The SMILES string of the molecule is COc1cc2ncnc(N3CCN(Cc4ccncc4)CC3)c2cc1OC. The summed E-state index contributed by atoms with van der Waals surface area (Å²) in [4.78, 5) is 17.8. The van der Waals surface area contributed by atoms with Crippen molar-refractivity contribution in [2.24, 2.45) is 0 Å². The minimum atomic E-state index is 0.678. The second-order valence-corrected chi connectivity index (χ2v) is 6.54. The van der Waals surface area contributed by atoms with Gasteiger partial charge in [-0.25, -0.2) is 9.97 Å². The van der Waals surface area contributed by atoms with E-state index in [2.05, 4.69) is 36.9 Å². The van der Waals surface area contributed by atoms with E-state index in [1.165, 1.54) is 5.56 Å². The van der Waals surface area contributed by atoms with Gasteiger partial charge in [-0.1, -0.05) is 0 Å². The highest BCUT2D eigenvalue weighted by atomic mass is 16.5. The van der Waals surface area contributed by atoms with Crippen molar-refractivity contribution < 1.29 is 9.47 Å². The van der Waals surface area contributed by atoms with Gasteiger partial charge in [0.25, 0.3) is 0 Å². The normalized spacial score (nSPS) is 15.1. The Kier molecular flexibility index (Phi) is 5.02. The van der Waals surface area contributed by atoms with Crippen LogP contribution >= 0.6 is 0 Å². The van der Waals surface area contributed by atoms with E-state index in [4.69, 9.17) is 9.47 Å². The first-order valence-electron chi connectivity index (χ1n) is 9.01. The molecule has 3 aromatic rings. The molecule has 7 heteroatoms. The van der Waals surface area contributed by atoms with Gasteiger partial charge in [0.15, 0.2) is 11.5 Å². The quantitative estimate of drug-likeness (QED) is 0.688. The van der Waals surface area contributed by atoms with E-state index in [0.29, 0.717) is 11.5 Å². The van der Waals surface area contributed by atoms with Crippen molar-refractivity contribution in [2.75, 3.05) is 45.3 Å². The van der Waals surface area contributed by atoms with Gasteiger partial charge in [0, 0.05) is 56.6 Å². The van der Waals surface area contributed by atoms with Gasteiger partial charge >= 0.3 is 0 Å². The predicted molar refractivity (Wildman–Crippen MR) is 104 cm³/mol. The Bertz CT molecular complexity index is 911. The first-order chi connectivity index (χ1) is 13.3. The zero-order valence-electron chi connectivity index (χ0n) is 15.6. The van der Waals surface area contributed by atoms with Gasteiger partial charge in [-0.15, -0.1) is 0 Å². The van der Waals surface area contributed by atoms with Crippen LogP contribution in [0, 0.1) is 0 Å². The van der Waals surface area contributed by atoms with Crippen molar-refractivity contribution in [3.8, 4) is 11.5 Å². The van der Waals surface area contributed by atoms with E-state index in [1.54, 1.807) is 20.5 Å². The number of nitrogens with zero attached hydrogens (tertiary/aromatic N) is 5. The van der Waals surface area contributed by atoms with E-state index < -0.39 is 0 Å². The second-order valence-electron chi connectivity index (χ2n) is 6.54. The van der Waals surface area contributed by atoms with Crippen molar-refractivity contribution in [1.29, 1.82) is 0 Å². The first kappa shape index (κ1) is 17.5. The Labute approximate surface area is 158 Å². The van der Waals surface area contributed by atoms with Crippen LogP contribution in [0.3, 0.4) is 0 Å². The van der Waals surface area contributed by atoms with E-state index >= 15 is 0 Å². The van der Waals surface area contributed by atoms with Crippen molar-refractivity contribution in [2.45, 2.75) is 6.54 Å². The predicted octanol–water partition coefficient (Wildman–Crippen LogP) is 2.36. The van der Waals surface area contributed by atoms with Crippen LogP contribution in [0.15, 0.2) is 43.0 Å². The number of anilines is 1. The Morgan fingerprint density at radius 3 is 2.33 bits per heavy atom. The first-order valence-corrected chi connectivity index (χ1v) is 9.01. The molecule has 0 radical (unpaired) electrons. The summed E-state index contributed by atoms with van der Waals surface area (Å²) in [6, 6.07) is 8.01. The monoisotopic (exact) mass is 365 g/mol. The third-order valence-corrected chi connectivity index (χ3v) is 4.95. The Morgan fingerprint density at radius 2 is 1.63 bits per heavy atom. The smallest absolute Gasteiger partial charge is 0.162 e. The van der Waals surface area contributed by atoms with E-state index in [-0.39, 0.29) is 0 Å². The molecule has 1 aliphatic rings. The van der Waals surface area contributed by atoms with Crippen LogP contribution in [-0.2, 0) is 6.54 Å². The largest absolute Gasteiger partial charge is 0.493 e. The molecule has 0 saturated carbocycles. The molecule has 1 aliphatic heterocycles.